The zero-order valence-corrected chi connectivity index (χ0v) is 16.6. The number of aryl methyl sites for hydroxylation is 3. The Labute approximate surface area is 158 Å². The Morgan fingerprint density at radius 3 is 2.24 bits per heavy atom. The highest BCUT2D eigenvalue weighted by Crippen LogP contribution is 2.27. The van der Waals surface area contributed by atoms with E-state index in [0.717, 1.165) is 33.2 Å². The molecule has 0 aliphatic rings. The van der Waals surface area contributed by atoms with Crippen molar-refractivity contribution >= 4 is 26.3 Å². The van der Waals surface area contributed by atoms with E-state index in [9.17, 15) is 4.79 Å². The van der Waals surface area contributed by atoms with Gasteiger partial charge in [-0.15, -0.1) is 0 Å². The molecule has 4 heteroatoms. The summed E-state index contributed by atoms with van der Waals surface area (Å²) in [6, 6.07) is 13.4. The van der Waals surface area contributed by atoms with Crippen LogP contribution in [0.5, 0.6) is 0 Å². The van der Waals surface area contributed by atoms with E-state index >= 15 is 0 Å². The maximum atomic E-state index is 10.5. The van der Waals surface area contributed by atoms with Gasteiger partial charge in [0.2, 0.25) is 5.91 Å². The third kappa shape index (κ3) is 6.21. The van der Waals surface area contributed by atoms with E-state index in [1.807, 2.05) is 32.0 Å². The highest BCUT2D eigenvalue weighted by atomic mass is 79.9. The lowest BCUT2D eigenvalue weighted by molar-refractivity contribution is 0.100. The number of hydrogen-bond donors (Lipinski definition) is 1. The second-order valence-electron chi connectivity index (χ2n) is 5.78. The van der Waals surface area contributed by atoms with E-state index in [1.165, 1.54) is 5.56 Å². The molecule has 0 saturated carbocycles. The van der Waals surface area contributed by atoms with E-state index in [4.69, 9.17) is 11.0 Å². The van der Waals surface area contributed by atoms with Crippen molar-refractivity contribution in [3.05, 3.63) is 75.9 Å². The van der Waals surface area contributed by atoms with Gasteiger partial charge in [-0.3, -0.25) is 4.79 Å². The van der Waals surface area contributed by atoms with Gasteiger partial charge in [-0.05, 0) is 62.1 Å². The van der Waals surface area contributed by atoms with Crippen molar-refractivity contribution in [1.29, 1.82) is 5.26 Å². The van der Waals surface area contributed by atoms with E-state index in [1.54, 1.807) is 12.1 Å². The van der Waals surface area contributed by atoms with Crippen LogP contribution < -0.4 is 5.73 Å². The molecule has 0 radical (unpaired) electrons. The summed E-state index contributed by atoms with van der Waals surface area (Å²) in [5.74, 6) is -0.375. The zero-order chi connectivity index (χ0) is 19.0. The highest BCUT2D eigenvalue weighted by molar-refractivity contribution is 9.15. The summed E-state index contributed by atoms with van der Waals surface area (Å²) in [7, 11) is 0. The Morgan fingerprint density at radius 2 is 1.76 bits per heavy atom. The Morgan fingerprint density at radius 1 is 1.16 bits per heavy atom. The van der Waals surface area contributed by atoms with Crippen LogP contribution >= 0.6 is 15.9 Å². The molecule has 2 N–H and O–H groups in total. The largest absolute Gasteiger partial charge is 0.366 e. The number of carbonyl (C=O) groups is 1. The van der Waals surface area contributed by atoms with Crippen LogP contribution in [0.2, 0.25) is 0 Å². The molecule has 3 nitrogen and oxygen atoms in total. The smallest absolute Gasteiger partial charge is 0.248 e. The standard InChI is InChI=1S/C13H14BrN.C8H9NO/c1-4-5-13(14)12-7-11(8-15)9(2)6-10(12)3;1-6-2-4-7(5-3-6)8(9)10/h5-7H,4H2,1-3H3;2-5H,1H3,(H2,9,10)/b13-5+;. The quantitative estimate of drug-likeness (QED) is 0.749. The Bertz CT molecular complexity index is 815. The first-order valence-electron chi connectivity index (χ1n) is 8.04. The molecule has 25 heavy (non-hydrogen) atoms. The number of carbonyl (C=O) groups excluding carboxylic acids is 1. The average Bonchev–Trinajstić information content (AvgIpc) is 2.56. The van der Waals surface area contributed by atoms with E-state index in [-0.39, 0.29) is 5.91 Å². The van der Waals surface area contributed by atoms with Crippen LogP contribution in [-0.2, 0) is 0 Å². The first kappa shape index (κ1) is 20.7. The summed E-state index contributed by atoms with van der Waals surface area (Å²) < 4.78 is 1.07. The fourth-order valence-electron chi connectivity index (χ4n) is 2.24. The van der Waals surface area contributed by atoms with Crippen LogP contribution in [0.1, 0.15) is 51.5 Å². The number of nitrogens with two attached hydrogens (primary N) is 1. The molecule has 0 unspecified atom stereocenters. The average molecular weight is 399 g/mol. The fraction of sp³-hybridized carbons (Fsp3) is 0.238. The molecule has 0 spiro atoms. The third-order valence-corrected chi connectivity index (χ3v) is 4.42. The fourth-order valence-corrected chi connectivity index (χ4v) is 2.99. The first-order valence-corrected chi connectivity index (χ1v) is 8.83. The van der Waals surface area contributed by atoms with E-state index in [0.29, 0.717) is 5.56 Å². The van der Waals surface area contributed by atoms with Crippen molar-refractivity contribution in [2.75, 3.05) is 0 Å². The monoisotopic (exact) mass is 398 g/mol. The molecule has 2 aromatic carbocycles. The Balaban J connectivity index is 0.000000271. The first-order chi connectivity index (χ1) is 11.8. The minimum atomic E-state index is -0.375. The van der Waals surface area contributed by atoms with Crippen LogP contribution in [0.3, 0.4) is 0 Å². The van der Waals surface area contributed by atoms with Crippen molar-refractivity contribution in [2.45, 2.75) is 34.1 Å². The maximum Gasteiger partial charge on any atom is 0.248 e. The summed E-state index contributed by atoms with van der Waals surface area (Å²) in [6.45, 7) is 8.09. The molecule has 2 rings (SSSR count). The molecule has 2 aromatic rings. The second kappa shape index (κ2) is 9.80. The van der Waals surface area contributed by atoms with Crippen LogP contribution in [0, 0.1) is 32.1 Å². The number of benzene rings is 2. The van der Waals surface area contributed by atoms with Gasteiger partial charge in [0, 0.05) is 10.0 Å². The molecule has 0 atom stereocenters. The van der Waals surface area contributed by atoms with Crippen LogP contribution in [0.4, 0.5) is 0 Å². The topological polar surface area (TPSA) is 66.9 Å². The predicted molar refractivity (Wildman–Crippen MR) is 108 cm³/mol. The van der Waals surface area contributed by atoms with Crippen LogP contribution in [-0.4, -0.2) is 5.91 Å². The second-order valence-corrected chi connectivity index (χ2v) is 6.64. The van der Waals surface area contributed by atoms with Crippen molar-refractivity contribution in [1.82, 2.24) is 0 Å². The summed E-state index contributed by atoms with van der Waals surface area (Å²) in [5.41, 5.74) is 10.8. The number of nitriles is 1. The molecule has 0 fully saturated rings. The van der Waals surface area contributed by atoms with Gasteiger partial charge in [-0.1, -0.05) is 52.7 Å². The SMILES string of the molecule is CC/C=C(/Br)c1cc(C#N)c(C)cc1C.Cc1ccc(C(N)=O)cc1. The lowest BCUT2D eigenvalue weighted by atomic mass is 10.00. The molecule has 1 amide bonds. The summed E-state index contributed by atoms with van der Waals surface area (Å²) >= 11 is 3.54. The summed E-state index contributed by atoms with van der Waals surface area (Å²) in [4.78, 5) is 10.5. The van der Waals surface area contributed by atoms with Gasteiger partial charge >= 0.3 is 0 Å². The summed E-state index contributed by atoms with van der Waals surface area (Å²) in [5, 5.41) is 8.96. The number of halogens is 1. The third-order valence-electron chi connectivity index (χ3n) is 3.67. The molecule has 0 bridgehead atoms. The zero-order valence-electron chi connectivity index (χ0n) is 15.1. The minimum absolute atomic E-state index is 0.375. The van der Waals surface area contributed by atoms with Gasteiger partial charge in [0.15, 0.2) is 0 Å². The van der Waals surface area contributed by atoms with Crippen molar-refractivity contribution in [3.8, 4) is 6.07 Å². The number of amides is 1. The van der Waals surface area contributed by atoms with Crippen molar-refractivity contribution in [2.24, 2.45) is 5.73 Å². The number of primary amides is 1. The minimum Gasteiger partial charge on any atom is -0.366 e. The number of rotatable bonds is 3. The van der Waals surface area contributed by atoms with Gasteiger partial charge in [0.1, 0.15) is 0 Å². The summed E-state index contributed by atoms with van der Waals surface area (Å²) in [6.07, 6.45) is 3.09. The van der Waals surface area contributed by atoms with E-state index < -0.39 is 0 Å². The Hall–Kier alpha value is -2.38. The predicted octanol–water partition coefficient (Wildman–Crippen LogP) is 5.41. The lowest BCUT2D eigenvalue weighted by Crippen LogP contribution is -2.10. The lowest BCUT2D eigenvalue weighted by Gasteiger charge is -2.07. The van der Waals surface area contributed by atoms with Crippen LogP contribution in [0.15, 0.2) is 42.5 Å². The molecule has 0 aromatic heterocycles. The highest BCUT2D eigenvalue weighted by Gasteiger charge is 2.06. The number of allylic oxidation sites excluding steroid dienone is 1. The molecule has 0 aliphatic heterocycles. The Kier molecular flexibility index (Phi) is 8.10. The number of nitrogens with zero attached hydrogens (tertiary/aromatic N) is 1. The van der Waals surface area contributed by atoms with Crippen LogP contribution in [0.25, 0.3) is 4.48 Å². The van der Waals surface area contributed by atoms with Gasteiger partial charge in [0.05, 0.1) is 11.6 Å². The molecular formula is C21H23BrN2O. The normalized spacial score (nSPS) is 10.5. The molecule has 0 saturated heterocycles. The van der Waals surface area contributed by atoms with Gasteiger partial charge in [-0.25, -0.2) is 0 Å². The molecular weight excluding hydrogens is 376 g/mol. The van der Waals surface area contributed by atoms with Gasteiger partial charge in [-0.2, -0.15) is 5.26 Å². The van der Waals surface area contributed by atoms with Gasteiger partial charge in [0.25, 0.3) is 0 Å². The van der Waals surface area contributed by atoms with E-state index in [2.05, 4.69) is 48.0 Å². The van der Waals surface area contributed by atoms with Gasteiger partial charge < -0.3 is 5.73 Å². The van der Waals surface area contributed by atoms with Crippen molar-refractivity contribution < 1.29 is 4.79 Å². The number of hydrogen-bond acceptors (Lipinski definition) is 2. The molecule has 0 heterocycles. The maximum absolute atomic E-state index is 10.5. The van der Waals surface area contributed by atoms with Crippen molar-refractivity contribution in [3.63, 3.8) is 0 Å². The molecule has 130 valence electrons. The molecule has 0 aliphatic carbocycles.